The Labute approximate surface area is 101 Å². The Bertz CT molecular complexity index is 229. The number of hydrogen-bond acceptors (Lipinski definition) is 1. The van der Waals surface area contributed by atoms with Crippen LogP contribution in [0.25, 0.3) is 0 Å². The van der Waals surface area contributed by atoms with Gasteiger partial charge in [0.2, 0.25) is 0 Å². The van der Waals surface area contributed by atoms with Gasteiger partial charge in [-0.15, -0.1) is 11.1 Å². The number of aromatic nitrogens is 1. The van der Waals surface area contributed by atoms with Crippen LogP contribution >= 0.6 is 0 Å². The van der Waals surface area contributed by atoms with Crippen LogP contribution in [0, 0.1) is 41.3 Å². The first-order chi connectivity index (χ1) is 4.63. The Balaban J connectivity index is 0. The topological polar surface area (TPSA) is 12.9 Å². The second kappa shape index (κ2) is 5.82. The van der Waals surface area contributed by atoms with Crippen LogP contribution < -0.4 is 0 Å². The van der Waals surface area contributed by atoms with E-state index in [9.17, 15) is 0 Å². The van der Waals surface area contributed by atoms with Gasteiger partial charge in [-0.1, -0.05) is 39.6 Å². The molecule has 0 saturated heterocycles. The largest absolute Gasteiger partial charge is 3.00 e. The van der Waals surface area contributed by atoms with E-state index < -0.39 is 0 Å². The molecule has 0 aliphatic carbocycles. The van der Waals surface area contributed by atoms with E-state index in [0.29, 0.717) is 0 Å². The molecule has 1 aromatic heterocycles. The van der Waals surface area contributed by atoms with Gasteiger partial charge in [0.1, 0.15) is 0 Å². The molecule has 0 spiro atoms. The number of hydrogen-bond donors (Lipinski definition) is 0. The molecule has 1 rings (SSSR count). The molecule has 1 heterocycles. The second-order valence-corrected chi connectivity index (χ2v) is 2.68. The molecule has 0 aromatic carbocycles. The zero-order valence-electron chi connectivity index (χ0n) is 8.52. The van der Waals surface area contributed by atoms with Crippen molar-refractivity contribution in [3.8, 4) is 0 Å². The van der Waals surface area contributed by atoms with Gasteiger partial charge in [0.05, 0.1) is 0 Å². The standard InChI is InChI=1S/C9H12N.CH3.Y/c1-6-5-10-9(4)8(3)7(6)2;;/h1-4H3;1H3;/q2*-1;+3. The van der Waals surface area contributed by atoms with Crippen LogP contribution in [0.3, 0.4) is 0 Å². The van der Waals surface area contributed by atoms with Gasteiger partial charge in [0, 0.05) is 0 Å². The quantitative estimate of drug-likeness (QED) is 0.633. The van der Waals surface area contributed by atoms with Crippen molar-refractivity contribution in [3.63, 3.8) is 0 Å². The van der Waals surface area contributed by atoms with Crippen LogP contribution in [0.5, 0.6) is 0 Å². The first-order valence-corrected chi connectivity index (χ1v) is 3.45. The molecule has 0 saturated carbocycles. The van der Waals surface area contributed by atoms with E-state index >= 15 is 0 Å². The fourth-order valence-corrected chi connectivity index (χ4v) is 0.888. The molecule has 0 fully saturated rings. The maximum Gasteiger partial charge on any atom is 3.00 e. The van der Waals surface area contributed by atoms with Gasteiger partial charge < -0.3 is 12.4 Å². The molecule has 0 unspecified atom stereocenters. The van der Waals surface area contributed by atoms with Crippen molar-refractivity contribution in [3.05, 3.63) is 36.0 Å². The minimum Gasteiger partial charge on any atom is -0.391 e. The van der Waals surface area contributed by atoms with Crippen molar-refractivity contribution < 1.29 is 32.7 Å². The number of aryl methyl sites for hydroxylation is 2. The Hall–Kier alpha value is 0.254. The van der Waals surface area contributed by atoms with Crippen molar-refractivity contribution in [2.45, 2.75) is 27.7 Å². The van der Waals surface area contributed by atoms with E-state index in [1.807, 2.05) is 13.8 Å². The van der Waals surface area contributed by atoms with Crippen LogP contribution in [-0.4, -0.2) is 4.98 Å². The summed E-state index contributed by atoms with van der Waals surface area (Å²) in [6, 6.07) is 0. The molecule has 1 aromatic rings. The normalized spacial score (nSPS) is 8.33. The maximum absolute atomic E-state index is 4.11. The van der Waals surface area contributed by atoms with Gasteiger partial charge in [-0.25, -0.2) is 0 Å². The van der Waals surface area contributed by atoms with Crippen molar-refractivity contribution in [2.75, 3.05) is 0 Å². The molecule has 0 radical (unpaired) electrons. The summed E-state index contributed by atoms with van der Waals surface area (Å²) in [4.78, 5) is 4.11. The van der Waals surface area contributed by atoms with Crippen molar-refractivity contribution in [1.29, 1.82) is 0 Å². The van der Waals surface area contributed by atoms with Crippen molar-refractivity contribution >= 4 is 0 Å². The molecule has 1 nitrogen and oxygen atoms in total. The van der Waals surface area contributed by atoms with Crippen molar-refractivity contribution in [2.24, 2.45) is 0 Å². The fraction of sp³-hybridized carbons (Fsp3) is 0.400. The van der Waals surface area contributed by atoms with E-state index in [0.717, 1.165) is 11.3 Å². The molecule has 0 aliphatic rings. The van der Waals surface area contributed by atoms with E-state index in [1.54, 1.807) is 0 Å². The third-order valence-corrected chi connectivity index (χ3v) is 2.06. The Kier molecular flexibility index (Phi) is 7.16. The Morgan fingerprint density at radius 3 is 1.92 bits per heavy atom. The third kappa shape index (κ3) is 2.95. The first-order valence-electron chi connectivity index (χ1n) is 3.45. The maximum atomic E-state index is 4.11. The summed E-state index contributed by atoms with van der Waals surface area (Å²) in [6.07, 6.45) is 2.96. The van der Waals surface area contributed by atoms with Gasteiger partial charge >= 0.3 is 32.7 Å². The fourth-order valence-electron chi connectivity index (χ4n) is 0.888. The summed E-state index contributed by atoms with van der Waals surface area (Å²) >= 11 is 0. The second-order valence-electron chi connectivity index (χ2n) is 2.68. The first kappa shape index (κ1) is 14.8. The Morgan fingerprint density at radius 2 is 1.50 bits per heavy atom. The molecule has 0 aliphatic heterocycles. The van der Waals surface area contributed by atoms with Gasteiger partial charge in [-0.05, 0) is 0 Å². The van der Waals surface area contributed by atoms with E-state index in [4.69, 9.17) is 0 Å². The molecular weight excluding hydrogens is 223 g/mol. The smallest absolute Gasteiger partial charge is 0.391 e. The summed E-state index contributed by atoms with van der Waals surface area (Å²) in [7, 11) is 0. The van der Waals surface area contributed by atoms with Crippen molar-refractivity contribution in [1.82, 2.24) is 4.98 Å². The molecule has 0 atom stereocenters. The van der Waals surface area contributed by atoms with Gasteiger partial charge in [-0.3, -0.25) is 0 Å². The molecule has 0 bridgehead atoms. The molecule has 12 heavy (non-hydrogen) atoms. The molecular formula is C10H15NY+. The minimum atomic E-state index is 0. The zero-order valence-corrected chi connectivity index (χ0v) is 11.4. The predicted octanol–water partition coefficient (Wildman–Crippen LogP) is 2.56. The van der Waals surface area contributed by atoms with Crippen LogP contribution in [0.1, 0.15) is 22.4 Å². The number of nitrogens with zero attached hydrogens (tertiary/aromatic N) is 1. The van der Waals surface area contributed by atoms with Gasteiger partial charge in [0.25, 0.3) is 0 Å². The number of pyridine rings is 1. The van der Waals surface area contributed by atoms with E-state index in [2.05, 4.69) is 25.0 Å². The molecule has 0 amide bonds. The summed E-state index contributed by atoms with van der Waals surface area (Å²) < 4.78 is 0. The summed E-state index contributed by atoms with van der Waals surface area (Å²) in [6.45, 7) is 8.25. The summed E-state index contributed by atoms with van der Waals surface area (Å²) in [5.41, 5.74) is 4.84. The van der Waals surface area contributed by atoms with Crippen LogP contribution in [-0.2, 0) is 32.7 Å². The van der Waals surface area contributed by atoms with Gasteiger partial charge in [0.15, 0.2) is 0 Å². The third-order valence-electron chi connectivity index (χ3n) is 2.06. The van der Waals surface area contributed by atoms with Gasteiger partial charge in [-0.2, -0.15) is 5.56 Å². The molecule has 2 heteroatoms. The van der Waals surface area contributed by atoms with E-state index in [-0.39, 0.29) is 40.1 Å². The average Bonchev–Trinajstić information content (AvgIpc) is 1.93. The zero-order chi connectivity index (χ0) is 7.72. The van der Waals surface area contributed by atoms with Crippen LogP contribution in [0.15, 0.2) is 0 Å². The molecule has 62 valence electrons. The van der Waals surface area contributed by atoms with Crippen LogP contribution in [0.2, 0.25) is 0 Å². The van der Waals surface area contributed by atoms with E-state index in [1.165, 1.54) is 11.1 Å². The SMILES string of the molecule is Cc1[c-]nc(C)c(C)c1C.[CH3-].[Y+3]. The monoisotopic (exact) mass is 238 g/mol. The number of rotatable bonds is 0. The van der Waals surface area contributed by atoms with Crippen LogP contribution in [0.4, 0.5) is 0 Å². The average molecular weight is 238 g/mol. The summed E-state index contributed by atoms with van der Waals surface area (Å²) in [5, 5.41) is 0. The predicted molar refractivity (Wildman–Crippen MR) is 48.4 cm³/mol. The minimum absolute atomic E-state index is 0. The Morgan fingerprint density at radius 1 is 1.00 bits per heavy atom. The summed E-state index contributed by atoms with van der Waals surface area (Å²) in [5.74, 6) is 0. The molecule has 0 N–H and O–H groups in total.